The molecule has 1 heterocycles. The van der Waals surface area contributed by atoms with Crippen LogP contribution < -0.4 is 19.9 Å². The molecule has 2 aromatic carbocycles. The molecular weight excluding hydrogens is 242 g/mol. The number of hydrogen-bond donors (Lipinski definition) is 1. The molecule has 0 aliphatic carbocycles. The minimum atomic E-state index is 0.532. The van der Waals surface area contributed by atoms with Gasteiger partial charge in [0.05, 0.1) is 5.69 Å². The summed E-state index contributed by atoms with van der Waals surface area (Å²) in [7, 11) is 0. The van der Waals surface area contributed by atoms with Crippen LogP contribution in [0, 0.1) is 6.92 Å². The van der Waals surface area contributed by atoms with Gasteiger partial charge < -0.3 is 19.9 Å². The van der Waals surface area contributed by atoms with Crippen molar-refractivity contribution in [1.82, 2.24) is 0 Å². The van der Waals surface area contributed by atoms with E-state index in [1.807, 2.05) is 31.2 Å². The van der Waals surface area contributed by atoms with Crippen LogP contribution in [0.5, 0.6) is 23.0 Å². The third-order valence-corrected chi connectivity index (χ3v) is 2.92. The van der Waals surface area contributed by atoms with Gasteiger partial charge >= 0.3 is 0 Å². The number of benzene rings is 2. The molecule has 3 rings (SSSR count). The Balaban J connectivity index is 1.90. The maximum Gasteiger partial charge on any atom is 0.165 e. The molecule has 1 aliphatic heterocycles. The minimum absolute atomic E-state index is 0.532. The van der Waals surface area contributed by atoms with Gasteiger partial charge in [-0.15, -0.1) is 0 Å². The molecule has 98 valence electrons. The normalized spacial score (nSPS) is 13.1. The van der Waals surface area contributed by atoms with Gasteiger partial charge in [0.25, 0.3) is 0 Å². The molecule has 0 unspecified atom stereocenters. The maximum atomic E-state index is 5.96. The maximum absolute atomic E-state index is 5.96. The Bertz CT molecular complexity index is 593. The minimum Gasteiger partial charge on any atom is -0.486 e. The fourth-order valence-corrected chi connectivity index (χ4v) is 1.91. The highest BCUT2D eigenvalue weighted by Gasteiger charge is 2.15. The Hall–Kier alpha value is -2.36. The van der Waals surface area contributed by atoms with Crippen LogP contribution in [0.4, 0.5) is 5.69 Å². The monoisotopic (exact) mass is 257 g/mol. The van der Waals surface area contributed by atoms with Gasteiger partial charge in [0.1, 0.15) is 19.0 Å². The molecule has 0 radical (unpaired) electrons. The SMILES string of the molecule is Cc1ccc(Oc2cc3c(cc2N)OCCO3)cc1. The second kappa shape index (κ2) is 4.72. The second-order valence-electron chi connectivity index (χ2n) is 4.45. The number of nitrogens with two attached hydrogens (primary N) is 1. The summed E-state index contributed by atoms with van der Waals surface area (Å²) in [5.41, 5.74) is 7.68. The molecule has 1 aliphatic rings. The summed E-state index contributed by atoms with van der Waals surface area (Å²) in [6.45, 7) is 3.12. The molecule has 2 N–H and O–H groups in total. The van der Waals surface area contributed by atoms with Crippen molar-refractivity contribution >= 4 is 5.69 Å². The number of fused-ring (bicyclic) bond motifs is 1. The lowest BCUT2D eigenvalue weighted by Crippen LogP contribution is -2.15. The molecule has 0 fully saturated rings. The van der Waals surface area contributed by atoms with E-state index in [-0.39, 0.29) is 0 Å². The first kappa shape index (κ1) is 11.7. The number of anilines is 1. The van der Waals surface area contributed by atoms with Gasteiger partial charge in [-0.3, -0.25) is 0 Å². The van der Waals surface area contributed by atoms with E-state index in [0.717, 1.165) is 5.75 Å². The number of aryl methyl sites for hydroxylation is 1. The van der Waals surface area contributed by atoms with Crippen LogP contribution in [0.1, 0.15) is 5.56 Å². The first-order valence-corrected chi connectivity index (χ1v) is 6.16. The molecule has 0 aromatic heterocycles. The Kier molecular flexibility index (Phi) is 2.91. The fraction of sp³-hybridized carbons (Fsp3) is 0.200. The van der Waals surface area contributed by atoms with Gasteiger partial charge in [-0.1, -0.05) is 17.7 Å². The smallest absolute Gasteiger partial charge is 0.165 e. The second-order valence-corrected chi connectivity index (χ2v) is 4.45. The van der Waals surface area contributed by atoms with Crippen LogP contribution >= 0.6 is 0 Å². The lowest BCUT2D eigenvalue weighted by molar-refractivity contribution is 0.171. The van der Waals surface area contributed by atoms with Crippen molar-refractivity contribution < 1.29 is 14.2 Å². The van der Waals surface area contributed by atoms with Crippen molar-refractivity contribution in [2.24, 2.45) is 0 Å². The van der Waals surface area contributed by atoms with E-state index in [0.29, 0.717) is 36.1 Å². The lowest BCUT2D eigenvalue weighted by atomic mass is 10.2. The van der Waals surface area contributed by atoms with Gasteiger partial charge in [-0.05, 0) is 19.1 Å². The number of rotatable bonds is 2. The average Bonchev–Trinajstić information content (AvgIpc) is 2.42. The van der Waals surface area contributed by atoms with Gasteiger partial charge in [0.15, 0.2) is 17.2 Å². The van der Waals surface area contributed by atoms with E-state index in [1.165, 1.54) is 5.56 Å². The van der Waals surface area contributed by atoms with Gasteiger partial charge in [-0.25, -0.2) is 0 Å². The number of nitrogen functional groups attached to an aromatic ring is 1. The molecule has 0 bridgehead atoms. The van der Waals surface area contributed by atoms with E-state index in [1.54, 1.807) is 12.1 Å². The van der Waals surface area contributed by atoms with Crippen LogP contribution in [0.25, 0.3) is 0 Å². The summed E-state index contributed by atoms with van der Waals surface area (Å²) in [5, 5.41) is 0. The van der Waals surface area contributed by atoms with E-state index >= 15 is 0 Å². The molecule has 0 saturated heterocycles. The third-order valence-electron chi connectivity index (χ3n) is 2.92. The largest absolute Gasteiger partial charge is 0.486 e. The van der Waals surface area contributed by atoms with E-state index in [2.05, 4.69) is 0 Å². The molecule has 2 aromatic rings. The fourth-order valence-electron chi connectivity index (χ4n) is 1.91. The molecule has 0 saturated carbocycles. The average molecular weight is 257 g/mol. The first-order chi connectivity index (χ1) is 9.22. The Morgan fingerprint density at radius 1 is 1.00 bits per heavy atom. The molecular formula is C15H15NO3. The van der Waals surface area contributed by atoms with E-state index in [9.17, 15) is 0 Å². The summed E-state index contributed by atoms with van der Waals surface area (Å²) in [5.74, 6) is 2.66. The summed E-state index contributed by atoms with van der Waals surface area (Å²) in [6.07, 6.45) is 0. The zero-order chi connectivity index (χ0) is 13.2. The predicted molar refractivity (Wildman–Crippen MR) is 73.1 cm³/mol. The first-order valence-electron chi connectivity index (χ1n) is 6.16. The standard InChI is InChI=1S/C15H15NO3/c1-10-2-4-11(5-3-10)19-13-9-15-14(8-12(13)16)17-6-7-18-15/h2-5,8-9H,6-7,16H2,1H3. The Labute approximate surface area is 111 Å². The third kappa shape index (κ3) is 2.42. The van der Waals surface area contributed by atoms with E-state index < -0.39 is 0 Å². The van der Waals surface area contributed by atoms with Crippen LogP contribution in [0.2, 0.25) is 0 Å². The lowest BCUT2D eigenvalue weighted by Gasteiger charge is -2.20. The Morgan fingerprint density at radius 2 is 1.63 bits per heavy atom. The zero-order valence-corrected chi connectivity index (χ0v) is 10.7. The Morgan fingerprint density at radius 3 is 2.32 bits per heavy atom. The summed E-state index contributed by atoms with van der Waals surface area (Å²) in [6, 6.07) is 11.3. The van der Waals surface area contributed by atoms with Crippen molar-refractivity contribution in [3.8, 4) is 23.0 Å². The predicted octanol–water partition coefficient (Wildman–Crippen LogP) is 3.14. The van der Waals surface area contributed by atoms with Crippen molar-refractivity contribution in [3.05, 3.63) is 42.0 Å². The van der Waals surface area contributed by atoms with Crippen LogP contribution in [-0.4, -0.2) is 13.2 Å². The van der Waals surface area contributed by atoms with Crippen molar-refractivity contribution in [2.75, 3.05) is 18.9 Å². The molecule has 4 heteroatoms. The highest BCUT2D eigenvalue weighted by molar-refractivity contribution is 5.63. The topological polar surface area (TPSA) is 53.7 Å². The van der Waals surface area contributed by atoms with Crippen molar-refractivity contribution in [3.63, 3.8) is 0 Å². The summed E-state index contributed by atoms with van der Waals surface area (Å²) < 4.78 is 16.7. The molecule has 19 heavy (non-hydrogen) atoms. The zero-order valence-electron chi connectivity index (χ0n) is 10.7. The molecule has 4 nitrogen and oxygen atoms in total. The number of ether oxygens (including phenoxy) is 3. The summed E-state index contributed by atoms with van der Waals surface area (Å²) in [4.78, 5) is 0. The molecule has 0 amide bonds. The summed E-state index contributed by atoms with van der Waals surface area (Å²) >= 11 is 0. The van der Waals surface area contributed by atoms with Crippen molar-refractivity contribution in [1.29, 1.82) is 0 Å². The van der Waals surface area contributed by atoms with Gasteiger partial charge in [-0.2, -0.15) is 0 Å². The van der Waals surface area contributed by atoms with Crippen LogP contribution in [0.3, 0.4) is 0 Å². The highest BCUT2D eigenvalue weighted by Crippen LogP contribution is 2.39. The van der Waals surface area contributed by atoms with Crippen LogP contribution in [0.15, 0.2) is 36.4 Å². The molecule has 0 atom stereocenters. The quantitative estimate of drug-likeness (QED) is 0.840. The van der Waals surface area contributed by atoms with E-state index in [4.69, 9.17) is 19.9 Å². The van der Waals surface area contributed by atoms with Gasteiger partial charge in [0.2, 0.25) is 0 Å². The number of hydrogen-bond acceptors (Lipinski definition) is 4. The van der Waals surface area contributed by atoms with Crippen LogP contribution in [-0.2, 0) is 0 Å². The molecule has 0 spiro atoms. The van der Waals surface area contributed by atoms with Crippen molar-refractivity contribution in [2.45, 2.75) is 6.92 Å². The van der Waals surface area contributed by atoms with Gasteiger partial charge in [0, 0.05) is 12.1 Å². The highest BCUT2D eigenvalue weighted by atomic mass is 16.6.